The minimum absolute atomic E-state index is 0.0580. The molecule has 2 aliphatic heterocycles. The number of halogens is 2. The standard InChI is InChI=1S/C23H29Cl2N3O3S/c1-32(29,30)16-22-14-28(21(15-31-22)12-17-2-4-18(24)5-3-17)20-7-10-27(11-8-20)23-13-19(25)6-9-26-23/h2-6,9,13,20-22H,7-8,10-12,14-16H2,1H3/t21-,22+/m0/s1. The van der Waals surface area contributed by atoms with E-state index in [1.165, 1.54) is 11.8 Å². The molecule has 174 valence electrons. The summed E-state index contributed by atoms with van der Waals surface area (Å²) in [5, 5.41) is 1.41. The predicted octanol–water partition coefficient (Wildman–Crippen LogP) is 3.71. The van der Waals surface area contributed by atoms with Gasteiger partial charge in [-0.25, -0.2) is 13.4 Å². The second-order valence-corrected chi connectivity index (χ2v) is 11.8. The van der Waals surface area contributed by atoms with Crippen molar-refractivity contribution in [2.45, 2.75) is 37.5 Å². The molecule has 0 saturated carbocycles. The van der Waals surface area contributed by atoms with E-state index in [1.807, 2.05) is 18.2 Å². The first-order chi connectivity index (χ1) is 15.3. The van der Waals surface area contributed by atoms with Crippen molar-refractivity contribution in [3.63, 3.8) is 0 Å². The maximum absolute atomic E-state index is 11.9. The summed E-state index contributed by atoms with van der Waals surface area (Å²) < 4.78 is 29.8. The summed E-state index contributed by atoms with van der Waals surface area (Å²) in [5.74, 6) is 0.966. The Hall–Kier alpha value is -1.38. The SMILES string of the molecule is CS(=O)(=O)C[C@H]1CN(C2CCN(c3cc(Cl)ccn3)CC2)[C@@H](Cc2ccc(Cl)cc2)CO1. The lowest BCUT2D eigenvalue weighted by Gasteiger charge is -2.47. The van der Waals surface area contributed by atoms with Crippen molar-refractivity contribution < 1.29 is 13.2 Å². The van der Waals surface area contributed by atoms with Crippen LogP contribution >= 0.6 is 23.2 Å². The van der Waals surface area contributed by atoms with Gasteiger partial charge in [0.05, 0.1) is 18.5 Å². The molecule has 1 aromatic carbocycles. The topological polar surface area (TPSA) is 62.7 Å². The Kier molecular flexibility index (Phi) is 7.62. The molecule has 0 amide bonds. The van der Waals surface area contributed by atoms with E-state index in [-0.39, 0.29) is 17.9 Å². The van der Waals surface area contributed by atoms with Gasteiger partial charge in [-0.05, 0) is 49.1 Å². The molecule has 2 atom stereocenters. The first kappa shape index (κ1) is 23.8. The molecule has 0 radical (unpaired) electrons. The highest BCUT2D eigenvalue weighted by atomic mass is 35.5. The molecular weight excluding hydrogens is 469 g/mol. The molecule has 9 heteroatoms. The predicted molar refractivity (Wildman–Crippen MR) is 130 cm³/mol. The van der Waals surface area contributed by atoms with Crippen molar-refractivity contribution in [3.05, 3.63) is 58.2 Å². The van der Waals surface area contributed by atoms with Crippen molar-refractivity contribution >= 4 is 38.9 Å². The molecule has 1 aromatic heterocycles. The summed E-state index contributed by atoms with van der Waals surface area (Å²) in [4.78, 5) is 9.21. The van der Waals surface area contributed by atoms with Gasteiger partial charge in [-0.3, -0.25) is 4.90 Å². The molecule has 6 nitrogen and oxygen atoms in total. The fourth-order valence-electron chi connectivity index (χ4n) is 4.73. The van der Waals surface area contributed by atoms with Crippen LogP contribution in [0.3, 0.4) is 0 Å². The van der Waals surface area contributed by atoms with Crippen molar-refractivity contribution in [1.82, 2.24) is 9.88 Å². The third-order valence-corrected chi connectivity index (χ3v) is 7.71. The van der Waals surface area contributed by atoms with Crippen molar-refractivity contribution in [3.8, 4) is 0 Å². The molecule has 0 N–H and O–H groups in total. The van der Waals surface area contributed by atoms with E-state index in [0.29, 0.717) is 24.2 Å². The molecule has 2 aliphatic rings. The Morgan fingerprint density at radius 3 is 2.47 bits per heavy atom. The van der Waals surface area contributed by atoms with Crippen molar-refractivity contribution in [1.29, 1.82) is 0 Å². The van der Waals surface area contributed by atoms with Crippen molar-refractivity contribution in [2.75, 3.05) is 43.1 Å². The largest absolute Gasteiger partial charge is 0.374 e. The van der Waals surface area contributed by atoms with E-state index in [9.17, 15) is 8.42 Å². The van der Waals surface area contributed by atoms with Crippen LogP contribution < -0.4 is 4.90 Å². The first-order valence-corrected chi connectivity index (χ1v) is 13.7. The van der Waals surface area contributed by atoms with Gasteiger partial charge in [0.1, 0.15) is 15.7 Å². The number of benzene rings is 1. The summed E-state index contributed by atoms with van der Waals surface area (Å²) in [6.45, 7) is 2.93. The Labute approximate surface area is 200 Å². The van der Waals surface area contributed by atoms with Crippen LogP contribution in [-0.4, -0.2) is 74.7 Å². The van der Waals surface area contributed by atoms with E-state index in [1.54, 1.807) is 12.3 Å². The number of pyridine rings is 1. The average molecular weight is 498 g/mol. The lowest BCUT2D eigenvalue weighted by Crippen LogP contribution is -2.58. The van der Waals surface area contributed by atoms with Gasteiger partial charge in [-0.2, -0.15) is 0 Å². The summed E-state index contributed by atoms with van der Waals surface area (Å²) in [6, 6.07) is 12.2. The molecule has 2 fully saturated rings. The van der Waals surface area contributed by atoms with E-state index < -0.39 is 9.84 Å². The zero-order valence-electron chi connectivity index (χ0n) is 18.2. The number of hydrogen-bond acceptors (Lipinski definition) is 6. The number of anilines is 1. The number of piperidine rings is 1. The highest BCUT2D eigenvalue weighted by Crippen LogP contribution is 2.28. The number of morpholine rings is 1. The van der Waals surface area contributed by atoms with E-state index in [4.69, 9.17) is 27.9 Å². The van der Waals surface area contributed by atoms with Gasteiger partial charge in [0.25, 0.3) is 0 Å². The average Bonchev–Trinajstić information content (AvgIpc) is 2.75. The summed E-state index contributed by atoms with van der Waals surface area (Å²) in [7, 11) is -3.10. The minimum Gasteiger partial charge on any atom is -0.374 e. The van der Waals surface area contributed by atoms with Crippen LogP contribution in [0.25, 0.3) is 0 Å². The van der Waals surface area contributed by atoms with Gasteiger partial charge >= 0.3 is 0 Å². The Morgan fingerprint density at radius 1 is 1.09 bits per heavy atom. The molecule has 3 heterocycles. The minimum atomic E-state index is -3.10. The molecule has 2 aromatic rings. The molecule has 4 rings (SSSR count). The zero-order chi connectivity index (χ0) is 22.7. The fourth-order valence-corrected chi connectivity index (χ4v) is 5.88. The summed E-state index contributed by atoms with van der Waals surface area (Å²) in [6.07, 6.45) is 5.53. The number of aromatic nitrogens is 1. The van der Waals surface area contributed by atoms with Gasteiger partial charge in [0.2, 0.25) is 0 Å². The fraction of sp³-hybridized carbons (Fsp3) is 0.522. The van der Waals surface area contributed by atoms with Gasteiger partial charge < -0.3 is 9.64 Å². The van der Waals surface area contributed by atoms with Crippen LogP contribution in [0.15, 0.2) is 42.6 Å². The smallest absolute Gasteiger partial charge is 0.150 e. The van der Waals surface area contributed by atoms with Crippen LogP contribution in [0.1, 0.15) is 18.4 Å². The number of nitrogens with zero attached hydrogens (tertiary/aromatic N) is 3. The second-order valence-electron chi connectivity index (χ2n) is 8.78. The lowest BCUT2D eigenvalue weighted by molar-refractivity contribution is -0.0731. The van der Waals surface area contributed by atoms with Gasteiger partial charge in [0.15, 0.2) is 0 Å². The summed E-state index contributed by atoms with van der Waals surface area (Å²) >= 11 is 12.2. The molecular formula is C23H29Cl2N3O3S. The molecule has 2 saturated heterocycles. The Balaban J connectivity index is 1.46. The number of sulfone groups is 1. The van der Waals surface area contributed by atoms with Crippen LogP contribution in [0, 0.1) is 0 Å². The first-order valence-electron chi connectivity index (χ1n) is 10.9. The molecule has 0 aliphatic carbocycles. The quantitative estimate of drug-likeness (QED) is 0.605. The van der Waals surface area contributed by atoms with Gasteiger partial charge in [-0.15, -0.1) is 0 Å². The third kappa shape index (κ3) is 6.35. The van der Waals surface area contributed by atoms with Crippen LogP contribution in [-0.2, 0) is 21.0 Å². The van der Waals surface area contributed by atoms with Gasteiger partial charge in [-0.1, -0.05) is 35.3 Å². The van der Waals surface area contributed by atoms with Gasteiger partial charge in [0, 0.05) is 54.2 Å². The Bertz CT molecular complexity index is 1010. The monoisotopic (exact) mass is 497 g/mol. The summed E-state index contributed by atoms with van der Waals surface area (Å²) in [5.41, 5.74) is 1.20. The molecule has 0 unspecified atom stereocenters. The van der Waals surface area contributed by atoms with E-state index in [0.717, 1.165) is 43.2 Å². The van der Waals surface area contributed by atoms with Crippen molar-refractivity contribution in [2.24, 2.45) is 0 Å². The van der Waals surface area contributed by atoms with Crippen LogP contribution in [0.4, 0.5) is 5.82 Å². The van der Waals surface area contributed by atoms with E-state index in [2.05, 4.69) is 26.9 Å². The number of ether oxygens (including phenoxy) is 1. The Morgan fingerprint density at radius 2 is 1.81 bits per heavy atom. The normalized spacial score (nSPS) is 23.4. The second kappa shape index (κ2) is 10.3. The maximum atomic E-state index is 11.9. The molecule has 32 heavy (non-hydrogen) atoms. The molecule has 0 bridgehead atoms. The van der Waals surface area contributed by atoms with Crippen LogP contribution in [0.5, 0.6) is 0 Å². The maximum Gasteiger partial charge on any atom is 0.150 e. The van der Waals surface area contributed by atoms with Crippen LogP contribution in [0.2, 0.25) is 10.0 Å². The highest BCUT2D eigenvalue weighted by Gasteiger charge is 2.36. The van der Waals surface area contributed by atoms with E-state index >= 15 is 0 Å². The third-order valence-electron chi connectivity index (χ3n) is 6.25. The highest BCUT2D eigenvalue weighted by molar-refractivity contribution is 7.90. The zero-order valence-corrected chi connectivity index (χ0v) is 20.5. The molecule has 0 spiro atoms. The lowest BCUT2D eigenvalue weighted by atomic mass is 9.96. The number of rotatable bonds is 6. The number of hydrogen-bond donors (Lipinski definition) is 0.